The lowest BCUT2D eigenvalue weighted by Gasteiger charge is -2.11. The van der Waals surface area contributed by atoms with Gasteiger partial charge in [0.15, 0.2) is 0 Å². The van der Waals surface area contributed by atoms with Crippen LogP contribution in [0.3, 0.4) is 0 Å². The Kier molecular flexibility index (Phi) is 5.49. The van der Waals surface area contributed by atoms with Gasteiger partial charge in [-0.2, -0.15) is 0 Å². The molecule has 0 aliphatic heterocycles. The van der Waals surface area contributed by atoms with Crippen LogP contribution < -0.4 is 5.32 Å². The number of ether oxygens (including phenoxy) is 2. The van der Waals surface area contributed by atoms with Crippen molar-refractivity contribution in [1.29, 1.82) is 0 Å². The first kappa shape index (κ1) is 13.2. The normalized spacial score (nSPS) is 25.8. The molecule has 1 rings (SSSR count). The maximum atomic E-state index is 11.1. The first-order valence-corrected chi connectivity index (χ1v) is 5.68. The van der Waals surface area contributed by atoms with E-state index in [4.69, 9.17) is 4.74 Å². The van der Waals surface area contributed by atoms with Crippen molar-refractivity contribution in [2.75, 3.05) is 20.8 Å². The van der Waals surface area contributed by atoms with E-state index in [-0.39, 0.29) is 5.97 Å². The average Bonchev–Trinajstić information content (AvgIpc) is 2.75. The number of carbonyl (C=O) groups excluding carboxylic acids is 1. The van der Waals surface area contributed by atoms with Crippen molar-refractivity contribution in [2.24, 2.45) is 0 Å². The van der Waals surface area contributed by atoms with Crippen molar-refractivity contribution < 1.29 is 14.3 Å². The van der Waals surface area contributed by atoms with Crippen LogP contribution in [0.15, 0.2) is 11.6 Å². The van der Waals surface area contributed by atoms with E-state index in [9.17, 15) is 4.79 Å². The molecule has 0 heterocycles. The summed E-state index contributed by atoms with van der Waals surface area (Å²) < 4.78 is 9.91. The monoisotopic (exact) mass is 227 g/mol. The van der Waals surface area contributed by atoms with Crippen molar-refractivity contribution in [2.45, 2.75) is 38.3 Å². The third kappa shape index (κ3) is 3.94. The van der Waals surface area contributed by atoms with E-state index in [2.05, 4.69) is 10.1 Å². The zero-order valence-corrected chi connectivity index (χ0v) is 10.3. The summed E-state index contributed by atoms with van der Waals surface area (Å²) in [5, 5.41) is 3.39. The van der Waals surface area contributed by atoms with Crippen LogP contribution in [0.4, 0.5) is 0 Å². The first-order valence-electron chi connectivity index (χ1n) is 5.68. The molecule has 2 unspecified atom stereocenters. The van der Waals surface area contributed by atoms with Crippen LogP contribution in [-0.4, -0.2) is 38.9 Å². The van der Waals surface area contributed by atoms with Crippen molar-refractivity contribution >= 4 is 5.97 Å². The minimum Gasteiger partial charge on any atom is -0.466 e. The highest BCUT2D eigenvalue weighted by Gasteiger charge is 2.23. The fourth-order valence-corrected chi connectivity index (χ4v) is 1.96. The molecule has 0 aromatic heterocycles. The molecule has 4 nitrogen and oxygen atoms in total. The van der Waals surface area contributed by atoms with Gasteiger partial charge < -0.3 is 14.8 Å². The summed E-state index contributed by atoms with van der Waals surface area (Å²) in [4.78, 5) is 11.1. The number of methoxy groups -OCH3 is 2. The van der Waals surface area contributed by atoms with Gasteiger partial charge in [0.1, 0.15) is 0 Å². The molecular formula is C12H21NO3. The molecule has 0 saturated heterocycles. The van der Waals surface area contributed by atoms with E-state index < -0.39 is 0 Å². The second kappa shape index (κ2) is 6.66. The molecule has 16 heavy (non-hydrogen) atoms. The van der Waals surface area contributed by atoms with Crippen LogP contribution in [-0.2, 0) is 14.3 Å². The number of carbonyl (C=O) groups is 1. The van der Waals surface area contributed by atoms with E-state index >= 15 is 0 Å². The molecule has 1 aliphatic rings. The Morgan fingerprint density at radius 1 is 1.44 bits per heavy atom. The van der Waals surface area contributed by atoms with E-state index in [1.54, 1.807) is 14.0 Å². The highest BCUT2D eigenvalue weighted by molar-refractivity contribution is 5.87. The van der Waals surface area contributed by atoms with Gasteiger partial charge in [-0.1, -0.05) is 6.08 Å². The standard InChI is InChI=1S/C12H21NO3/c1-9(12(14)16-3)6-7-13-10-4-5-11(8-10)15-2/h6,10-11,13H,4-5,7-8H2,1-3H3/b9-6-. The smallest absolute Gasteiger partial charge is 0.333 e. The van der Waals surface area contributed by atoms with Gasteiger partial charge in [0.05, 0.1) is 13.2 Å². The maximum absolute atomic E-state index is 11.1. The molecule has 92 valence electrons. The van der Waals surface area contributed by atoms with Gasteiger partial charge in [-0.15, -0.1) is 0 Å². The molecule has 1 N–H and O–H groups in total. The van der Waals surface area contributed by atoms with E-state index in [0.29, 0.717) is 24.3 Å². The number of esters is 1. The second-order valence-electron chi connectivity index (χ2n) is 4.15. The Morgan fingerprint density at radius 3 is 2.75 bits per heavy atom. The average molecular weight is 227 g/mol. The molecule has 0 amide bonds. The fraction of sp³-hybridized carbons (Fsp3) is 0.750. The Balaban J connectivity index is 2.23. The molecule has 0 radical (unpaired) electrons. The van der Waals surface area contributed by atoms with Crippen LogP contribution in [0.5, 0.6) is 0 Å². The highest BCUT2D eigenvalue weighted by atomic mass is 16.5. The summed E-state index contributed by atoms with van der Waals surface area (Å²) in [5.41, 5.74) is 0.649. The van der Waals surface area contributed by atoms with Crippen molar-refractivity contribution in [3.8, 4) is 0 Å². The zero-order valence-electron chi connectivity index (χ0n) is 10.3. The van der Waals surface area contributed by atoms with Crippen LogP contribution >= 0.6 is 0 Å². The lowest BCUT2D eigenvalue weighted by molar-refractivity contribution is -0.136. The van der Waals surface area contributed by atoms with Crippen LogP contribution in [0.25, 0.3) is 0 Å². The first-order chi connectivity index (χ1) is 7.67. The summed E-state index contributed by atoms with van der Waals surface area (Å²) >= 11 is 0. The topological polar surface area (TPSA) is 47.6 Å². The van der Waals surface area contributed by atoms with Gasteiger partial charge in [0, 0.05) is 25.3 Å². The summed E-state index contributed by atoms with van der Waals surface area (Å²) in [6, 6.07) is 0.506. The molecule has 0 bridgehead atoms. The molecule has 0 aromatic carbocycles. The van der Waals surface area contributed by atoms with Crippen LogP contribution in [0.1, 0.15) is 26.2 Å². The summed E-state index contributed by atoms with van der Waals surface area (Å²) in [6.45, 7) is 2.47. The van der Waals surface area contributed by atoms with Gasteiger partial charge in [-0.05, 0) is 26.2 Å². The van der Waals surface area contributed by atoms with E-state index in [0.717, 1.165) is 19.3 Å². The number of hydrogen-bond acceptors (Lipinski definition) is 4. The number of rotatable bonds is 5. The molecule has 0 spiro atoms. The summed E-state index contributed by atoms with van der Waals surface area (Å²) in [7, 11) is 3.15. The maximum Gasteiger partial charge on any atom is 0.333 e. The van der Waals surface area contributed by atoms with Gasteiger partial charge in [-0.25, -0.2) is 4.79 Å². The molecular weight excluding hydrogens is 206 g/mol. The van der Waals surface area contributed by atoms with Crippen LogP contribution in [0, 0.1) is 0 Å². The predicted octanol–water partition coefficient (Wildman–Crippen LogP) is 1.26. The third-order valence-corrected chi connectivity index (χ3v) is 3.04. The predicted molar refractivity (Wildman–Crippen MR) is 62.2 cm³/mol. The van der Waals surface area contributed by atoms with Crippen molar-refractivity contribution in [1.82, 2.24) is 5.32 Å². The molecule has 1 saturated carbocycles. The Labute approximate surface area is 97.0 Å². The summed E-state index contributed by atoms with van der Waals surface area (Å²) in [5.74, 6) is -0.261. The Hall–Kier alpha value is -0.870. The van der Waals surface area contributed by atoms with Gasteiger partial charge in [0.2, 0.25) is 0 Å². The van der Waals surface area contributed by atoms with Crippen molar-refractivity contribution in [3.05, 3.63) is 11.6 Å². The number of nitrogens with one attached hydrogen (secondary N) is 1. The second-order valence-corrected chi connectivity index (χ2v) is 4.15. The largest absolute Gasteiger partial charge is 0.466 e. The van der Waals surface area contributed by atoms with E-state index in [1.807, 2.05) is 6.08 Å². The van der Waals surface area contributed by atoms with Gasteiger partial charge in [0.25, 0.3) is 0 Å². The molecule has 1 aliphatic carbocycles. The third-order valence-electron chi connectivity index (χ3n) is 3.04. The van der Waals surface area contributed by atoms with Gasteiger partial charge >= 0.3 is 5.97 Å². The Bertz CT molecular complexity index is 263. The fourth-order valence-electron chi connectivity index (χ4n) is 1.96. The molecule has 0 aromatic rings. The molecule has 2 atom stereocenters. The minimum absolute atomic E-state index is 0.261. The molecule has 4 heteroatoms. The van der Waals surface area contributed by atoms with Crippen LogP contribution in [0.2, 0.25) is 0 Å². The van der Waals surface area contributed by atoms with Crippen molar-refractivity contribution in [3.63, 3.8) is 0 Å². The molecule has 1 fully saturated rings. The minimum atomic E-state index is -0.261. The number of hydrogen-bond donors (Lipinski definition) is 1. The Morgan fingerprint density at radius 2 is 2.19 bits per heavy atom. The van der Waals surface area contributed by atoms with Gasteiger partial charge in [-0.3, -0.25) is 0 Å². The lowest BCUT2D eigenvalue weighted by atomic mass is 10.2. The zero-order chi connectivity index (χ0) is 12.0. The highest BCUT2D eigenvalue weighted by Crippen LogP contribution is 2.21. The SMILES string of the molecule is COC(=O)/C(C)=C\CNC1CCC(OC)C1. The summed E-state index contributed by atoms with van der Waals surface area (Å²) in [6.07, 6.45) is 5.58. The van der Waals surface area contributed by atoms with E-state index in [1.165, 1.54) is 7.11 Å². The lowest BCUT2D eigenvalue weighted by Crippen LogP contribution is -2.27. The quantitative estimate of drug-likeness (QED) is 0.567.